The van der Waals surface area contributed by atoms with Gasteiger partial charge in [0.2, 0.25) is 0 Å². The van der Waals surface area contributed by atoms with Crippen LogP contribution in [0.25, 0.3) is 0 Å². The van der Waals surface area contributed by atoms with Crippen LogP contribution in [-0.2, 0) is 9.09 Å². The van der Waals surface area contributed by atoms with Crippen molar-refractivity contribution in [2.75, 3.05) is 0 Å². The van der Waals surface area contributed by atoms with Crippen LogP contribution < -0.4 is 0 Å². The Kier molecular flexibility index (Phi) is 2.86. The molecule has 0 aromatic carbocycles. The first-order chi connectivity index (χ1) is 4.27. The molecule has 0 heterocycles. The van der Waals surface area contributed by atoms with Gasteiger partial charge in [-0.15, -0.1) is 8.39 Å². The van der Waals surface area contributed by atoms with E-state index in [0.29, 0.717) is 0 Å². The van der Waals surface area contributed by atoms with E-state index in [-0.39, 0.29) is 0 Å². The standard InChI is InChI=1S/C3H5F4O2P/c1-2-3(4,5)9-10(6,7)8/h2H2,1H3. The zero-order chi connectivity index (χ0) is 8.41. The lowest BCUT2D eigenvalue weighted by Gasteiger charge is -2.11. The molecule has 0 saturated heterocycles. The zero-order valence-electron chi connectivity index (χ0n) is 4.98. The highest BCUT2D eigenvalue weighted by molar-refractivity contribution is 7.47. The first-order valence-corrected chi connectivity index (χ1v) is 3.75. The van der Waals surface area contributed by atoms with Crippen molar-refractivity contribution < 1.29 is 26.3 Å². The quantitative estimate of drug-likeness (QED) is 0.492. The smallest absolute Gasteiger partial charge is 0.218 e. The molecule has 10 heavy (non-hydrogen) atoms. The van der Waals surface area contributed by atoms with Gasteiger partial charge in [-0.3, -0.25) is 0 Å². The Labute approximate surface area is 54.9 Å². The maximum Gasteiger partial charge on any atom is 0.556 e. The van der Waals surface area contributed by atoms with Crippen LogP contribution in [-0.4, -0.2) is 6.11 Å². The molecule has 0 aliphatic carbocycles. The Morgan fingerprint density at radius 2 is 1.90 bits per heavy atom. The van der Waals surface area contributed by atoms with Crippen molar-refractivity contribution in [3.05, 3.63) is 0 Å². The van der Waals surface area contributed by atoms with Crippen LogP contribution in [0, 0.1) is 0 Å². The van der Waals surface area contributed by atoms with Crippen LogP contribution in [0.3, 0.4) is 0 Å². The summed E-state index contributed by atoms with van der Waals surface area (Å²) in [5.41, 5.74) is 0. The van der Waals surface area contributed by atoms with E-state index in [1.54, 1.807) is 0 Å². The summed E-state index contributed by atoms with van der Waals surface area (Å²) in [6, 6.07) is 0. The van der Waals surface area contributed by atoms with E-state index in [1.165, 1.54) is 0 Å². The lowest BCUT2D eigenvalue weighted by Crippen LogP contribution is -2.15. The number of rotatable bonds is 3. The van der Waals surface area contributed by atoms with Crippen LogP contribution in [0.4, 0.5) is 17.2 Å². The van der Waals surface area contributed by atoms with Crippen molar-refractivity contribution in [2.45, 2.75) is 19.5 Å². The lowest BCUT2D eigenvalue weighted by atomic mass is 10.5. The number of hydrogen-bond acceptors (Lipinski definition) is 2. The summed E-state index contributed by atoms with van der Waals surface area (Å²) in [5, 5.41) is 0. The van der Waals surface area contributed by atoms with Crippen molar-refractivity contribution >= 4 is 7.99 Å². The molecule has 0 rings (SSSR count). The predicted octanol–water partition coefficient (Wildman–Crippen LogP) is 3.05. The maximum atomic E-state index is 11.8. The summed E-state index contributed by atoms with van der Waals surface area (Å²) in [6.45, 7) is 0.940. The van der Waals surface area contributed by atoms with Gasteiger partial charge in [0, 0.05) is 6.42 Å². The van der Waals surface area contributed by atoms with Crippen molar-refractivity contribution in [3.8, 4) is 0 Å². The molecule has 0 atom stereocenters. The van der Waals surface area contributed by atoms with Gasteiger partial charge in [-0.2, -0.15) is 8.78 Å². The summed E-state index contributed by atoms with van der Waals surface area (Å²) in [4.78, 5) is 0. The molecule has 0 aliphatic rings. The Balaban J connectivity index is 4.02. The predicted molar refractivity (Wildman–Crippen MR) is 26.1 cm³/mol. The van der Waals surface area contributed by atoms with E-state index in [2.05, 4.69) is 4.52 Å². The van der Waals surface area contributed by atoms with Gasteiger partial charge in [-0.05, 0) is 0 Å². The van der Waals surface area contributed by atoms with E-state index < -0.39 is 20.5 Å². The van der Waals surface area contributed by atoms with Crippen molar-refractivity contribution in [3.63, 3.8) is 0 Å². The van der Waals surface area contributed by atoms with Crippen LogP contribution in [0.1, 0.15) is 13.3 Å². The highest BCUT2D eigenvalue weighted by Gasteiger charge is 2.38. The van der Waals surface area contributed by atoms with E-state index >= 15 is 0 Å². The Hall–Kier alpha value is -0.0900. The second-order valence-electron chi connectivity index (χ2n) is 1.50. The second-order valence-corrected chi connectivity index (χ2v) is 2.51. The minimum atomic E-state index is -6.05. The molecule has 0 aliphatic heterocycles. The highest BCUT2D eigenvalue weighted by Crippen LogP contribution is 2.54. The summed E-state index contributed by atoms with van der Waals surface area (Å²) in [6.07, 6.45) is -4.91. The molecule has 0 spiro atoms. The molecule has 0 radical (unpaired) electrons. The summed E-state index contributed by atoms with van der Waals surface area (Å²) in [7, 11) is -6.05. The third kappa shape index (κ3) is 4.76. The van der Waals surface area contributed by atoms with Gasteiger partial charge >= 0.3 is 14.1 Å². The number of hydrogen-bond donors (Lipinski definition) is 0. The van der Waals surface area contributed by atoms with Crippen LogP contribution >= 0.6 is 7.99 Å². The number of halogens is 4. The Morgan fingerprint density at radius 1 is 1.50 bits per heavy atom. The summed E-state index contributed by atoms with van der Waals surface area (Å²) >= 11 is 0. The van der Waals surface area contributed by atoms with Crippen molar-refractivity contribution in [1.29, 1.82) is 0 Å². The Bertz CT molecular complexity index is 153. The molecule has 0 unspecified atom stereocenters. The molecule has 0 aromatic rings. The molecule has 7 heteroatoms. The topological polar surface area (TPSA) is 26.3 Å². The first kappa shape index (κ1) is 9.91. The molecule has 0 bridgehead atoms. The molecular formula is C3H5F4O2P. The number of alkyl halides is 2. The molecule has 0 saturated carbocycles. The van der Waals surface area contributed by atoms with E-state index in [1.807, 2.05) is 0 Å². The lowest BCUT2D eigenvalue weighted by molar-refractivity contribution is -0.182. The SMILES string of the molecule is CCC(F)(F)OP(=O)(F)F. The third-order valence-electron chi connectivity index (χ3n) is 0.651. The maximum absolute atomic E-state index is 11.8. The average molecular weight is 180 g/mol. The fraction of sp³-hybridized carbons (Fsp3) is 1.00. The van der Waals surface area contributed by atoms with E-state index in [4.69, 9.17) is 0 Å². The zero-order valence-corrected chi connectivity index (χ0v) is 5.88. The normalized spacial score (nSPS) is 13.7. The van der Waals surface area contributed by atoms with E-state index in [0.717, 1.165) is 6.92 Å². The van der Waals surface area contributed by atoms with Crippen LogP contribution in [0.2, 0.25) is 0 Å². The van der Waals surface area contributed by atoms with Gasteiger partial charge in [-0.25, -0.2) is 9.09 Å². The monoisotopic (exact) mass is 180 g/mol. The second kappa shape index (κ2) is 2.88. The fourth-order valence-corrected chi connectivity index (χ4v) is 0.660. The molecule has 0 N–H and O–H groups in total. The highest BCUT2D eigenvalue weighted by atomic mass is 31.2. The largest absolute Gasteiger partial charge is 0.556 e. The molecule has 0 amide bonds. The van der Waals surface area contributed by atoms with Gasteiger partial charge < -0.3 is 0 Å². The molecule has 0 aromatic heterocycles. The fourth-order valence-electron chi connectivity index (χ4n) is 0.220. The average Bonchev–Trinajstić information content (AvgIpc) is 1.60. The van der Waals surface area contributed by atoms with Crippen molar-refractivity contribution in [2.24, 2.45) is 0 Å². The third-order valence-corrected chi connectivity index (χ3v) is 1.13. The minimum absolute atomic E-state index is 0.926. The van der Waals surface area contributed by atoms with Crippen LogP contribution in [0.5, 0.6) is 0 Å². The van der Waals surface area contributed by atoms with E-state index in [9.17, 15) is 21.7 Å². The molecular weight excluding hydrogens is 175 g/mol. The van der Waals surface area contributed by atoms with Gasteiger partial charge in [-0.1, -0.05) is 6.92 Å². The minimum Gasteiger partial charge on any atom is -0.218 e. The van der Waals surface area contributed by atoms with Gasteiger partial charge in [0.15, 0.2) is 0 Å². The summed E-state index contributed by atoms with van der Waals surface area (Å²) < 4.78 is 58.1. The molecule has 2 nitrogen and oxygen atoms in total. The molecule has 62 valence electrons. The van der Waals surface area contributed by atoms with Crippen molar-refractivity contribution in [1.82, 2.24) is 0 Å². The Morgan fingerprint density at radius 3 is 2.00 bits per heavy atom. The molecule has 0 fully saturated rings. The van der Waals surface area contributed by atoms with Gasteiger partial charge in [0.1, 0.15) is 0 Å². The summed E-state index contributed by atoms with van der Waals surface area (Å²) in [5.74, 6) is 0. The van der Waals surface area contributed by atoms with Gasteiger partial charge in [0.05, 0.1) is 0 Å². The van der Waals surface area contributed by atoms with Crippen LogP contribution in [0.15, 0.2) is 0 Å². The first-order valence-electron chi connectivity index (χ1n) is 2.35. The van der Waals surface area contributed by atoms with Gasteiger partial charge in [0.25, 0.3) is 0 Å².